The second-order valence-electron chi connectivity index (χ2n) is 10.6. The number of ether oxygens (including phenoxy) is 1. The minimum atomic E-state index is -2.33. The molecule has 204 valence electrons. The lowest BCUT2D eigenvalue weighted by molar-refractivity contribution is 0.311. The first-order valence-corrected chi connectivity index (χ1v) is 15.5. The molecular weight excluding hydrogens is 512 g/mol. The van der Waals surface area contributed by atoms with E-state index in [2.05, 4.69) is 48.2 Å². The molecule has 1 saturated heterocycles. The van der Waals surface area contributed by atoms with Crippen molar-refractivity contribution in [2.75, 3.05) is 63.1 Å². The summed E-state index contributed by atoms with van der Waals surface area (Å²) in [6.45, 7) is 3.99. The highest BCUT2D eigenvalue weighted by atomic mass is 32.2. The summed E-state index contributed by atoms with van der Waals surface area (Å²) in [5, 5.41) is 4.31. The van der Waals surface area contributed by atoms with Crippen LogP contribution in [0.25, 0.3) is 16.9 Å². The van der Waals surface area contributed by atoms with Crippen molar-refractivity contribution in [1.82, 2.24) is 24.4 Å². The number of nitrogens with one attached hydrogen (secondary N) is 1. The fourth-order valence-corrected chi connectivity index (χ4v) is 5.55. The highest BCUT2D eigenvalue weighted by molar-refractivity contribution is 7.92. The molecule has 1 aliphatic heterocycles. The summed E-state index contributed by atoms with van der Waals surface area (Å²) < 4.78 is 24.4. The molecule has 11 heteroatoms. The van der Waals surface area contributed by atoms with Gasteiger partial charge in [0, 0.05) is 77.5 Å². The topological polar surface area (TPSA) is 101 Å². The summed E-state index contributed by atoms with van der Waals surface area (Å²) in [6.07, 6.45) is 7.34. The summed E-state index contributed by atoms with van der Waals surface area (Å²) in [7, 11) is 1.53. The Morgan fingerprint density at radius 2 is 1.85 bits per heavy atom. The average molecular weight is 547 g/mol. The van der Waals surface area contributed by atoms with Gasteiger partial charge >= 0.3 is 0 Å². The Balaban J connectivity index is 1.35. The summed E-state index contributed by atoms with van der Waals surface area (Å²) in [5.41, 5.74) is 3.88. The number of likely N-dealkylation sites (N-methyl/N-ethyl adjacent to an activating group) is 1. The van der Waals surface area contributed by atoms with E-state index in [-0.39, 0.29) is 0 Å². The number of fused-ring (bicyclic) bond motifs is 1. The monoisotopic (exact) mass is 546 g/mol. The van der Waals surface area contributed by atoms with Gasteiger partial charge in [0.25, 0.3) is 0 Å². The van der Waals surface area contributed by atoms with Crippen LogP contribution in [-0.2, 0) is 9.73 Å². The molecule has 1 aliphatic carbocycles. The Morgan fingerprint density at radius 3 is 2.56 bits per heavy atom. The van der Waals surface area contributed by atoms with Crippen LogP contribution in [0.2, 0.25) is 0 Å². The number of rotatable bonds is 7. The molecule has 1 saturated carbocycles. The van der Waals surface area contributed by atoms with Gasteiger partial charge in [0.15, 0.2) is 11.5 Å². The maximum Gasteiger partial charge on any atom is 0.229 e. The van der Waals surface area contributed by atoms with Gasteiger partial charge < -0.3 is 19.9 Å². The first-order chi connectivity index (χ1) is 18.8. The Bertz CT molecular complexity index is 1640. The van der Waals surface area contributed by atoms with Crippen LogP contribution in [0.3, 0.4) is 0 Å². The molecule has 10 nitrogen and oxygen atoms in total. The fourth-order valence-electron chi connectivity index (χ4n) is 5.00. The number of benzene rings is 1. The van der Waals surface area contributed by atoms with Crippen LogP contribution in [-0.4, -0.2) is 81.5 Å². The van der Waals surface area contributed by atoms with Crippen LogP contribution in [0.15, 0.2) is 53.0 Å². The Morgan fingerprint density at radius 1 is 1.05 bits per heavy atom. The van der Waals surface area contributed by atoms with E-state index in [0.717, 1.165) is 72.9 Å². The summed E-state index contributed by atoms with van der Waals surface area (Å²) in [4.78, 5) is 18.9. The van der Waals surface area contributed by atoms with Crippen LogP contribution in [0.5, 0.6) is 5.75 Å². The number of hydrogen-bond donors (Lipinski definition) is 1. The SMILES string of the molecule is COc1cc(Nc2ncc3cc(C4CC4)n(-c4cccc(N=S(C)(C)=O)n4)c3n2)ccc1N1CCN(C)CC1. The van der Waals surface area contributed by atoms with Crippen molar-refractivity contribution in [3.05, 3.63) is 54.4 Å². The van der Waals surface area contributed by atoms with Gasteiger partial charge in [0.05, 0.1) is 12.8 Å². The number of piperazine rings is 1. The van der Waals surface area contributed by atoms with Crippen LogP contribution < -0.4 is 15.0 Å². The zero-order valence-electron chi connectivity index (χ0n) is 22.8. The third-order valence-electron chi connectivity index (χ3n) is 7.11. The van der Waals surface area contributed by atoms with Crippen molar-refractivity contribution in [1.29, 1.82) is 0 Å². The van der Waals surface area contributed by atoms with Crippen LogP contribution in [0.1, 0.15) is 24.5 Å². The molecular formula is C28H34N8O2S. The highest BCUT2D eigenvalue weighted by Gasteiger charge is 2.29. The van der Waals surface area contributed by atoms with Gasteiger partial charge in [-0.05, 0) is 56.1 Å². The maximum absolute atomic E-state index is 12.3. The molecule has 2 fully saturated rings. The second kappa shape index (κ2) is 10.1. The standard InChI is InChI=1S/C28H34N8O2S/c1-34-12-14-35(15-13-34)22-11-10-21(17-24(22)38-2)30-28-29-18-20-16-23(19-8-9-19)36(27(20)32-28)26-7-5-6-25(31-26)33-39(3,4)37/h5-7,10-11,16-19H,8-9,12-15H2,1-4H3,(H,29,30,32). The van der Waals surface area contributed by atoms with Gasteiger partial charge in [-0.15, -0.1) is 0 Å². The Hall–Kier alpha value is -3.70. The molecule has 2 aliphatic rings. The van der Waals surface area contributed by atoms with E-state index in [0.29, 0.717) is 23.5 Å². The van der Waals surface area contributed by atoms with E-state index >= 15 is 0 Å². The van der Waals surface area contributed by atoms with Crippen molar-refractivity contribution < 1.29 is 8.95 Å². The van der Waals surface area contributed by atoms with Gasteiger partial charge in [0.1, 0.15) is 11.6 Å². The van der Waals surface area contributed by atoms with Gasteiger partial charge in [0.2, 0.25) is 5.95 Å². The summed E-state index contributed by atoms with van der Waals surface area (Å²) in [5.74, 6) is 2.93. The zero-order valence-corrected chi connectivity index (χ0v) is 23.6. The van der Waals surface area contributed by atoms with E-state index in [9.17, 15) is 4.21 Å². The minimum Gasteiger partial charge on any atom is -0.495 e. The second-order valence-corrected chi connectivity index (χ2v) is 13.1. The summed E-state index contributed by atoms with van der Waals surface area (Å²) >= 11 is 0. The molecule has 6 rings (SSSR count). The average Bonchev–Trinajstić information content (AvgIpc) is 3.68. The molecule has 39 heavy (non-hydrogen) atoms. The predicted octanol–water partition coefficient (Wildman–Crippen LogP) is 4.56. The van der Waals surface area contributed by atoms with Crippen LogP contribution >= 0.6 is 0 Å². The molecule has 0 spiro atoms. The van der Waals surface area contributed by atoms with Crippen molar-refractivity contribution in [3.8, 4) is 11.6 Å². The number of anilines is 3. The Kier molecular flexibility index (Phi) is 6.64. The smallest absolute Gasteiger partial charge is 0.229 e. The highest BCUT2D eigenvalue weighted by Crippen LogP contribution is 2.43. The Labute approximate surface area is 229 Å². The molecule has 0 unspecified atom stereocenters. The van der Waals surface area contributed by atoms with Crippen molar-refractivity contribution >= 4 is 43.9 Å². The molecule has 1 aromatic carbocycles. The largest absolute Gasteiger partial charge is 0.495 e. The van der Waals surface area contributed by atoms with E-state index < -0.39 is 9.73 Å². The van der Waals surface area contributed by atoms with Gasteiger partial charge in [-0.2, -0.15) is 9.35 Å². The molecule has 4 aromatic rings. The number of hydrogen-bond acceptors (Lipinski definition) is 9. The molecule has 4 heterocycles. The maximum atomic E-state index is 12.3. The van der Waals surface area contributed by atoms with Gasteiger partial charge in [-0.3, -0.25) is 4.57 Å². The molecule has 1 N–H and O–H groups in total. The summed E-state index contributed by atoms with van der Waals surface area (Å²) in [6, 6.07) is 13.9. The van der Waals surface area contributed by atoms with E-state index in [1.165, 1.54) is 0 Å². The number of pyridine rings is 1. The molecule has 0 bridgehead atoms. The van der Waals surface area contributed by atoms with E-state index in [1.54, 1.807) is 25.7 Å². The molecule has 0 atom stereocenters. The van der Waals surface area contributed by atoms with E-state index in [1.807, 2.05) is 30.5 Å². The van der Waals surface area contributed by atoms with Crippen molar-refractivity contribution in [3.63, 3.8) is 0 Å². The number of methoxy groups -OCH3 is 1. The molecule has 0 amide bonds. The van der Waals surface area contributed by atoms with Gasteiger partial charge in [-0.25, -0.2) is 14.2 Å². The van der Waals surface area contributed by atoms with Crippen LogP contribution in [0, 0.1) is 0 Å². The molecule has 3 aromatic heterocycles. The lowest BCUT2D eigenvalue weighted by Gasteiger charge is -2.34. The number of nitrogens with zero attached hydrogens (tertiary/aromatic N) is 7. The molecule has 0 radical (unpaired) electrons. The first-order valence-electron chi connectivity index (χ1n) is 13.2. The quantitative estimate of drug-likeness (QED) is 0.360. The van der Waals surface area contributed by atoms with Crippen LogP contribution in [0.4, 0.5) is 23.1 Å². The lowest BCUT2D eigenvalue weighted by atomic mass is 10.2. The lowest BCUT2D eigenvalue weighted by Crippen LogP contribution is -2.44. The zero-order chi connectivity index (χ0) is 27.1. The first kappa shape index (κ1) is 25.6. The van der Waals surface area contributed by atoms with Crippen molar-refractivity contribution in [2.45, 2.75) is 18.8 Å². The third kappa shape index (κ3) is 5.55. The normalized spacial score (nSPS) is 16.5. The van der Waals surface area contributed by atoms with E-state index in [4.69, 9.17) is 14.7 Å². The third-order valence-corrected chi connectivity index (χ3v) is 7.73. The predicted molar refractivity (Wildman–Crippen MR) is 157 cm³/mol. The fraction of sp³-hybridized carbons (Fsp3) is 0.393. The number of aromatic nitrogens is 4. The van der Waals surface area contributed by atoms with Gasteiger partial charge in [-0.1, -0.05) is 6.07 Å². The van der Waals surface area contributed by atoms with Crippen molar-refractivity contribution in [2.24, 2.45) is 4.36 Å². The minimum absolute atomic E-state index is 0.450.